The van der Waals surface area contributed by atoms with Gasteiger partial charge in [-0.3, -0.25) is 14.6 Å². The average Bonchev–Trinajstić information content (AvgIpc) is 2.93. The lowest BCUT2D eigenvalue weighted by Crippen LogP contribution is -2.27. The van der Waals surface area contributed by atoms with E-state index in [-0.39, 0.29) is 34.5 Å². The van der Waals surface area contributed by atoms with Crippen molar-refractivity contribution in [1.82, 2.24) is 20.6 Å². The molecule has 0 spiro atoms. The number of rotatable bonds is 10. The summed E-state index contributed by atoms with van der Waals surface area (Å²) in [5, 5.41) is 25.4. The fourth-order valence-corrected chi connectivity index (χ4v) is 4.30. The lowest BCUT2D eigenvalue weighted by Gasteiger charge is -2.14. The Balaban J connectivity index is 1.86. The molecule has 1 aromatic carbocycles. The highest BCUT2D eigenvalue weighted by Gasteiger charge is 2.21. The number of pyridine rings is 2. The van der Waals surface area contributed by atoms with Gasteiger partial charge in [-0.15, -0.1) is 11.8 Å². The largest absolute Gasteiger partial charge is 0.492 e. The Labute approximate surface area is 218 Å². The van der Waals surface area contributed by atoms with E-state index in [0.29, 0.717) is 47.2 Å². The van der Waals surface area contributed by atoms with Gasteiger partial charge in [-0.05, 0) is 35.4 Å². The van der Waals surface area contributed by atoms with E-state index in [1.807, 2.05) is 0 Å². The fraction of sp³-hybridized carbons (Fsp3) is 0.231. The quantitative estimate of drug-likeness (QED) is 0.271. The van der Waals surface area contributed by atoms with E-state index in [1.54, 1.807) is 49.5 Å². The molecule has 0 aliphatic rings. The van der Waals surface area contributed by atoms with Gasteiger partial charge in [0.25, 0.3) is 5.91 Å². The summed E-state index contributed by atoms with van der Waals surface area (Å²) in [5.41, 5.74) is 8.55. The number of ether oxygens (including phenoxy) is 1. The predicted molar refractivity (Wildman–Crippen MR) is 139 cm³/mol. The molecule has 0 unspecified atom stereocenters. The first kappa shape index (κ1) is 27.0. The molecule has 2 aromatic heterocycles. The molecule has 0 bridgehead atoms. The molecule has 0 saturated heterocycles. The number of nitriles is 2. The SMILES string of the molecule is CCC(=O)NCCOc1ccc(-c2c(C#N)c(N)nc(SCc3ccnc(C(=O)NC)c3)c2C#N)cc1. The number of nitrogen functional groups attached to an aromatic ring is 1. The number of hydrogen-bond donors (Lipinski definition) is 3. The molecule has 0 aliphatic heterocycles. The number of anilines is 1. The summed E-state index contributed by atoms with van der Waals surface area (Å²) in [6, 6.07) is 14.6. The zero-order chi connectivity index (χ0) is 26.8. The van der Waals surface area contributed by atoms with Crippen LogP contribution in [-0.2, 0) is 10.5 Å². The van der Waals surface area contributed by atoms with Gasteiger partial charge in [-0.1, -0.05) is 19.1 Å². The number of aromatic nitrogens is 2. The van der Waals surface area contributed by atoms with Crippen molar-refractivity contribution in [2.45, 2.75) is 24.1 Å². The summed E-state index contributed by atoms with van der Waals surface area (Å²) in [5.74, 6) is 0.650. The van der Waals surface area contributed by atoms with Crippen molar-refractivity contribution in [2.24, 2.45) is 0 Å². The summed E-state index contributed by atoms with van der Waals surface area (Å²) in [6.45, 7) is 2.46. The summed E-state index contributed by atoms with van der Waals surface area (Å²) < 4.78 is 5.66. The molecule has 188 valence electrons. The molecule has 2 heterocycles. The Kier molecular flexibility index (Phi) is 9.41. The Hall–Kier alpha value is -4.61. The highest BCUT2D eigenvalue weighted by molar-refractivity contribution is 7.98. The molecule has 37 heavy (non-hydrogen) atoms. The molecule has 10 nitrogen and oxygen atoms in total. The van der Waals surface area contributed by atoms with Crippen molar-refractivity contribution < 1.29 is 14.3 Å². The van der Waals surface area contributed by atoms with Crippen molar-refractivity contribution in [3.05, 3.63) is 65.0 Å². The highest BCUT2D eigenvalue weighted by atomic mass is 32.2. The minimum atomic E-state index is -0.300. The molecule has 0 radical (unpaired) electrons. The van der Waals surface area contributed by atoms with Gasteiger partial charge in [-0.2, -0.15) is 10.5 Å². The van der Waals surface area contributed by atoms with Gasteiger partial charge in [0, 0.05) is 31.0 Å². The van der Waals surface area contributed by atoms with Crippen LogP contribution in [0.15, 0.2) is 47.6 Å². The van der Waals surface area contributed by atoms with E-state index in [0.717, 1.165) is 5.56 Å². The van der Waals surface area contributed by atoms with E-state index >= 15 is 0 Å². The molecule has 0 saturated carbocycles. The Morgan fingerprint density at radius 3 is 2.51 bits per heavy atom. The summed E-state index contributed by atoms with van der Waals surface area (Å²) >= 11 is 1.27. The zero-order valence-electron chi connectivity index (χ0n) is 20.4. The number of hydrogen-bond acceptors (Lipinski definition) is 9. The minimum Gasteiger partial charge on any atom is -0.492 e. The van der Waals surface area contributed by atoms with Gasteiger partial charge >= 0.3 is 0 Å². The Morgan fingerprint density at radius 2 is 1.86 bits per heavy atom. The first-order valence-corrected chi connectivity index (χ1v) is 12.3. The van der Waals surface area contributed by atoms with Crippen LogP contribution in [0.25, 0.3) is 11.1 Å². The third-order valence-corrected chi connectivity index (χ3v) is 6.28. The minimum absolute atomic E-state index is 0.0202. The van der Waals surface area contributed by atoms with Crippen LogP contribution in [0.2, 0.25) is 0 Å². The monoisotopic (exact) mass is 515 g/mol. The maximum atomic E-state index is 11.9. The maximum absolute atomic E-state index is 11.9. The van der Waals surface area contributed by atoms with Crippen molar-refractivity contribution in [1.29, 1.82) is 10.5 Å². The normalized spacial score (nSPS) is 10.2. The topological polar surface area (TPSA) is 167 Å². The van der Waals surface area contributed by atoms with Gasteiger partial charge in [0.15, 0.2) is 0 Å². The molecule has 2 amide bonds. The van der Waals surface area contributed by atoms with Crippen LogP contribution in [0.4, 0.5) is 5.82 Å². The van der Waals surface area contributed by atoms with Crippen LogP contribution in [0, 0.1) is 22.7 Å². The van der Waals surface area contributed by atoms with Crippen LogP contribution in [-0.4, -0.2) is 42.0 Å². The van der Waals surface area contributed by atoms with E-state index in [4.69, 9.17) is 10.5 Å². The fourth-order valence-electron chi connectivity index (χ4n) is 3.36. The standard InChI is InChI=1S/C26H25N7O3S/c1-3-22(34)32-10-11-36-18-6-4-17(5-7-18)23-19(13-27)24(29)33-26(20(23)14-28)37-15-16-8-9-31-21(12-16)25(35)30-2/h4-9,12H,3,10-11,15H2,1-2H3,(H2,29,33)(H,30,35)(H,32,34). The van der Waals surface area contributed by atoms with Gasteiger partial charge in [0.2, 0.25) is 5.91 Å². The molecule has 0 aliphatic carbocycles. The third kappa shape index (κ3) is 6.75. The maximum Gasteiger partial charge on any atom is 0.269 e. The molecule has 11 heteroatoms. The second kappa shape index (κ2) is 12.9. The van der Waals surface area contributed by atoms with Gasteiger partial charge in [-0.25, -0.2) is 4.98 Å². The molecular formula is C26H25N7O3S. The van der Waals surface area contributed by atoms with Gasteiger partial charge in [0.05, 0.1) is 12.1 Å². The Morgan fingerprint density at radius 1 is 1.14 bits per heavy atom. The molecule has 3 rings (SSSR count). The molecule has 3 aromatic rings. The first-order valence-electron chi connectivity index (χ1n) is 11.3. The van der Waals surface area contributed by atoms with E-state index in [2.05, 4.69) is 32.7 Å². The zero-order valence-corrected chi connectivity index (χ0v) is 21.2. The van der Waals surface area contributed by atoms with Crippen molar-refractivity contribution in [2.75, 3.05) is 25.9 Å². The van der Waals surface area contributed by atoms with Crippen molar-refractivity contribution >= 4 is 29.4 Å². The summed E-state index contributed by atoms with van der Waals surface area (Å²) in [4.78, 5) is 31.6. The number of thioether (sulfide) groups is 1. The number of nitrogens with one attached hydrogen (secondary N) is 2. The average molecular weight is 516 g/mol. The molecule has 0 fully saturated rings. The second-order valence-electron chi connectivity index (χ2n) is 7.64. The molecule has 4 N–H and O–H groups in total. The number of amides is 2. The van der Waals surface area contributed by atoms with Crippen molar-refractivity contribution in [3.8, 4) is 29.0 Å². The predicted octanol–water partition coefficient (Wildman–Crippen LogP) is 3.03. The summed E-state index contributed by atoms with van der Waals surface area (Å²) in [6.07, 6.45) is 1.95. The second-order valence-corrected chi connectivity index (χ2v) is 8.61. The van der Waals surface area contributed by atoms with Crippen LogP contribution in [0.3, 0.4) is 0 Å². The molecular weight excluding hydrogens is 490 g/mol. The lowest BCUT2D eigenvalue weighted by molar-refractivity contribution is -0.120. The molecule has 0 atom stereocenters. The third-order valence-electron chi connectivity index (χ3n) is 5.23. The number of benzene rings is 1. The number of nitrogens with zero attached hydrogens (tertiary/aromatic N) is 4. The van der Waals surface area contributed by atoms with Crippen LogP contribution in [0.1, 0.15) is 40.5 Å². The van der Waals surface area contributed by atoms with E-state index in [1.165, 1.54) is 18.8 Å². The van der Waals surface area contributed by atoms with Gasteiger partial charge < -0.3 is 21.1 Å². The van der Waals surface area contributed by atoms with E-state index in [9.17, 15) is 20.1 Å². The number of nitrogens with two attached hydrogens (primary N) is 1. The van der Waals surface area contributed by atoms with Crippen LogP contribution in [0.5, 0.6) is 5.75 Å². The van der Waals surface area contributed by atoms with Crippen LogP contribution >= 0.6 is 11.8 Å². The first-order chi connectivity index (χ1) is 17.9. The smallest absolute Gasteiger partial charge is 0.269 e. The number of carbonyl (C=O) groups excluding carboxylic acids is 2. The lowest BCUT2D eigenvalue weighted by atomic mass is 9.97. The number of carbonyl (C=O) groups is 2. The highest BCUT2D eigenvalue weighted by Crippen LogP contribution is 2.37. The van der Waals surface area contributed by atoms with E-state index < -0.39 is 0 Å². The van der Waals surface area contributed by atoms with Crippen LogP contribution < -0.4 is 21.1 Å². The summed E-state index contributed by atoms with van der Waals surface area (Å²) in [7, 11) is 1.53. The van der Waals surface area contributed by atoms with Gasteiger partial charge in [0.1, 0.15) is 46.6 Å². The van der Waals surface area contributed by atoms with Crippen molar-refractivity contribution in [3.63, 3.8) is 0 Å². The Bertz CT molecular complexity index is 1380.